The number of halogens is 1. The number of β-lactam (4-membered cyclic amide) rings is 1. The first-order chi connectivity index (χ1) is 30.0. The molecule has 1 aliphatic carbocycles. The van der Waals surface area contributed by atoms with E-state index < -0.39 is 31.4 Å². The third-order valence-electron chi connectivity index (χ3n) is 13.2. The van der Waals surface area contributed by atoms with Gasteiger partial charge in [0.2, 0.25) is 5.91 Å². The monoisotopic (exact) mass is 880 g/mol. The van der Waals surface area contributed by atoms with Gasteiger partial charge in [0.1, 0.15) is 17.2 Å². The summed E-state index contributed by atoms with van der Waals surface area (Å²) in [4.78, 5) is 46.2. The molecule has 4 fully saturated rings. The molecule has 1 atom stereocenters. The minimum absolute atomic E-state index is 0.0315. The molecule has 3 aliphatic heterocycles. The van der Waals surface area contributed by atoms with Crippen molar-refractivity contribution in [3.05, 3.63) is 117 Å². The number of piperidine rings is 1. The highest BCUT2D eigenvalue weighted by Crippen LogP contribution is 2.59. The van der Waals surface area contributed by atoms with Gasteiger partial charge >= 0.3 is 0 Å². The second-order valence-electron chi connectivity index (χ2n) is 17.0. The molecule has 1 aromatic heterocycles. The van der Waals surface area contributed by atoms with E-state index in [1.54, 1.807) is 24.3 Å². The molecule has 3 N–H and O–H groups in total. The highest BCUT2D eigenvalue weighted by Gasteiger charge is 2.61. The minimum Gasteiger partial charge on any atom is -0.456 e. The van der Waals surface area contributed by atoms with Crippen molar-refractivity contribution in [2.75, 3.05) is 49.6 Å². The fourth-order valence-corrected chi connectivity index (χ4v) is 11.0. The highest BCUT2D eigenvalue weighted by atomic mass is 35.5. The third-order valence-corrected chi connectivity index (χ3v) is 14.8. The van der Waals surface area contributed by atoms with E-state index in [4.69, 9.17) is 21.1 Å². The predicted molar refractivity (Wildman–Crippen MR) is 236 cm³/mol. The maximum absolute atomic E-state index is 13.9. The van der Waals surface area contributed by atoms with Gasteiger partial charge in [-0.3, -0.25) is 19.7 Å². The Morgan fingerprint density at radius 2 is 1.69 bits per heavy atom. The molecule has 4 heterocycles. The van der Waals surface area contributed by atoms with Crippen LogP contribution in [-0.2, 0) is 19.6 Å². The molecule has 4 aromatic carbocycles. The fourth-order valence-electron chi connectivity index (χ4n) is 9.85. The number of ether oxygens (including phenoxy) is 2. The molecular weight excluding hydrogens is 832 g/mol. The van der Waals surface area contributed by atoms with E-state index in [9.17, 15) is 28.1 Å². The van der Waals surface area contributed by atoms with Gasteiger partial charge in [0.25, 0.3) is 21.6 Å². The Labute approximate surface area is 365 Å². The molecule has 0 radical (unpaired) electrons. The normalized spacial score (nSPS) is 19.4. The number of carbonyl (C=O) groups excluding carboxylic acids is 2. The largest absolute Gasteiger partial charge is 0.456 e. The lowest BCUT2D eigenvalue weighted by atomic mass is 9.66. The van der Waals surface area contributed by atoms with Gasteiger partial charge in [0, 0.05) is 79.3 Å². The van der Waals surface area contributed by atoms with Gasteiger partial charge in [0.05, 0.1) is 26.8 Å². The predicted octanol–water partition coefficient (Wildman–Crippen LogP) is 8.84. The Bertz CT molecular complexity index is 2600. The third kappa shape index (κ3) is 8.32. The number of aromatic amines is 1. The van der Waals surface area contributed by atoms with Crippen LogP contribution in [0.1, 0.15) is 73.3 Å². The van der Waals surface area contributed by atoms with E-state index in [1.807, 2.05) is 36.5 Å². The molecule has 62 heavy (non-hydrogen) atoms. The number of sulfonamides is 1. The molecule has 1 spiro atoms. The van der Waals surface area contributed by atoms with E-state index in [-0.39, 0.29) is 40.3 Å². The summed E-state index contributed by atoms with van der Waals surface area (Å²) in [6.07, 6.45) is 9.12. The number of carbonyl (C=O) groups is 2. The number of nitro groups is 1. The topological polar surface area (TPSA) is 176 Å². The Hall–Kier alpha value is -5.64. The number of H-pyrrole nitrogens is 1. The first-order valence-corrected chi connectivity index (χ1v) is 23.2. The summed E-state index contributed by atoms with van der Waals surface area (Å²) < 4.78 is 41.2. The number of hydrogen-bond acceptors (Lipinski definition) is 10. The van der Waals surface area contributed by atoms with Crippen LogP contribution in [0.3, 0.4) is 0 Å². The zero-order valence-corrected chi connectivity index (χ0v) is 35.8. The van der Waals surface area contributed by atoms with Crippen LogP contribution in [0.15, 0.2) is 96.0 Å². The molecular formula is C46H49ClN6O8S. The number of anilines is 2. The maximum atomic E-state index is 13.9. The Morgan fingerprint density at radius 1 is 0.935 bits per heavy atom. The summed E-state index contributed by atoms with van der Waals surface area (Å²) in [6, 6.07) is 23.9. The molecule has 5 aromatic rings. The van der Waals surface area contributed by atoms with Gasteiger partial charge in [-0.1, -0.05) is 36.6 Å². The van der Waals surface area contributed by atoms with E-state index in [1.165, 1.54) is 12.1 Å². The number of aromatic nitrogens is 1. The van der Waals surface area contributed by atoms with E-state index >= 15 is 0 Å². The fraction of sp³-hybridized carbons (Fsp3) is 0.391. The SMILES string of the molecule is O=C(NS(=O)(=O)c1ccc(NCC2CCOCC2)c([N+](=O)[O-])c1)c1ccc(N2CCC(CN3C(=O)C4(CCCC4)C3c3ccc(Cl)cc3)CC2)cc1Oc1ccc2[nH]ccc2c1. The number of amides is 2. The molecule has 3 saturated heterocycles. The summed E-state index contributed by atoms with van der Waals surface area (Å²) in [5, 5.41) is 16.7. The van der Waals surface area contributed by atoms with Crippen LogP contribution in [0.5, 0.6) is 11.5 Å². The number of nitro benzene ring substituents is 1. The molecule has 1 saturated carbocycles. The minimum atomic E-state index is -4.56. The summed E-state index contributed by atoms with van der Waals surface area (Å²) in [5.41, 5.74) is 2.26. The quantitative estimate of drug-likeness (QED) is 0.0589. The Balaban J connectivity index is 0.917. The van der Waals surface area contributed by atoms with Gasteiger partial charge in [-0.2, -0.15) is 0 Å². The van der Waals surface area contributed by atoms with Crippen LogP contribution in [0.2, 0.25) is 5.02 Å². The van der Waals surface area contributed by atoms with E-state index in [0.717, 1.165) is 79.6 Å². The van der Waals surface area contributed by atoms with Crippen molar-refractivity contribution < 1.29 is 32.4 Å². The average Bonchev–Trinajstić information content (AvgIpc) is 3.98. The van der Waals surface area contributed by atoms with E-state index in [2.05, 4.69) is 37.0 Å². The molecule has 2 amide bonds. The van der Waals surface area contributed by atoms with E-state index in [0.29, 0.717) is 56.1 Å². The maximum Gasteiger partial charge on any atom is 0.293 e. The molecule has 324 valence electrons. The summed E-state index contributed by atoms with van der Waals surface area (Å²) in [5.74, 6) is 0.471. The molecule has 0 bridgehead atoms. The standard InChI is InChI=1S/C46H49ClN6O8S/c47-34-5-3-32(4-6-34)43-46(18-1-2-19-46)45(55)52(43)29-31-14-21-51(22-15-31)35-7-10-38(42(26-35)61-36-8-11-39-33(25-36)13-20-48-39)44(54)50-62(58,59)37-9-12-40(41(27-37)53(56)57)49-28-30-16-23-60-24-17-30/h3-13,20,25-27,30-31,43,48-49H,1-2,14-19,21-24,28-29H2,(H,50,54). The zero-order chi connectivity index (χ0) is 43.0. The number of nitrogens with zero attached hydrogens (tertiary/aromatic N) is 3. The molecule has 1 unspecified atom stereocenters. The van der Waals surface area contributed by atoms with Crippen LogP contribution >= 0.6 is 11.6 Å². The summed E-state index contributed by atoms with van der Waals surface area (Å²) in [6.45, 7) is 3.82. The molecule has 16 heteroatoms. The van der Waals surface area contributed by atoms with Gasteiger partial charge in [-0.15, -0.1) is 0 Å². The summed E-state index contributed by atoms with van der Waals surface area (Å²) >= 11 is 6.24. The van der Waals surface area contributed by atoms with Gasteiger partial charge < -0.3 is 29.6 Å². The number of nitrogens with one attached hydrogen (secondary N) is 3. The number of likely N-dealkylation sites (tertiary alicyclic amines) is 1. The van der Waals surface area contributed by atoms with Crippen molar-refractivity contribution in [3.63, 3.8) is 0 Å². The smallest absolute Gasteiger partial charge is 0.293 e. The Kier molecular flexibility index (Phi) is 11.6. The number of hydrogen-bond donors (Lipinski definition) is 3. The van der Waals surface area contributed by atoms with Crippen LogP contribution in [0, 0.1) is 27.4 Å². The van der Waals surface area contributed by atoms with Crippen molar-refractivity contribution in [1.82, 2.24) is 14.6 Å². The van der Waals surface area contributed by atoms with Crippen LogP contribution < -0.4 is 19.7 Å². The van der Waals surface area contributed by atoms with Crippen molar-refractivity contribution in [2.45, 2.75) is 62.3 Å². The molecule has 4 aliphatic rings. The lowest BCUT2D eigenvalue weighted by Crippen LogP contribution is -2.63. The molecule has 14 nitrogen and oxygen atoms in total. The lowest BCUT2D eigenvalue weighted by molar-refractivity contribution is -0.384. The van der Waals surface area contributed by atoms with Crippen molar-refractivity contribution in [1.29, 1.82) is 0 Å². The second kappa shape index (κ2) is 17.3. The van der Waals surface area contributed by atoms with Crippen molar-refractivity contribution in [3.8, 4) is 11.5 Å². The average molecular weight is 881 g/mol. The zero-order valence-electron chi connectivity index (χ0n) is 34.2. The van der Waals surface area contributed by atoms with Crippen LogP contribution in [0.25, 0.3) is 10.9 Å². The second-order valence-corrected chi connectivity index (χ2v) is 19.1. The van der Waals surface area contributed by atoms with Crippen molar-refractivity contribution in [2.24, 2.45) is 17.3 Å². The molecule has 9 rings (SSSR count). The number of benzene rings is 4. The van der Waals surface area contributed by atoms with Crippen LogP contribution in [-0.4, -0.2) is 74.4 Å². The van der Waals surface area contributed by atoms with Gasteiger partial charge in [-0.25, -0.2) is 13.1 Å². The lowest BCUT2D eigenvalue weighted by Gasteiger charge is -2.56. The van der Waals surface area contributed by atoms with Gasteiger partial charge in [0.15, 0.2) is 0 Å². The first kappa shape index (κ1) is 41.7. The number of fused-ring (bicyclic) bond motifs is 1. The first-order valence-electron chi connectivity index (χ1n) is 21.4. The number of rotatable bonds is 13. The van der Waals surface area contributed by atoms with Crippen LogP contribution in [0.4, 0.5) is 17.1 Å². The Morgan fingerprint density at radius 3 is 2.44 bits per heavy atom. The van der Waals surface area contributed by atoms with Crippen molar-refractivity contribution >= 4 is 61.4 Å². The van der Waals surface area contributed by atoms with Gasteiger partial charge in [-0.05, 0) is 117 Å². The highest BCUT2D eigenvalue weighted by molar-refractivity contribution is 7.90. The summed E-state index contributed by atoms with van der Waals surface area (Å²) in [7, 11) is -4.56.